The van der Waals surface area contributed by atoms with Gasteiger partial charge in [-0.1, -0.05) is 12.1 Å². The summed E-state index contributed by atoms with van der Waals surface area (Å²) < 4.78 is 69.1. The third-order valence-corrected chi connectivity index (χ3v) is 6.37. The Kier molecular flexibility index (Phi) is 9.60. The highest BCUT2D eigenvalue weighted by Gasteiger charge is 2.46. The van der Waals surface area contributed by atoms with Gasteiger partial charge in [0.15, 0.2) is 23.0 Å². The number of hydrogen-bond donors (Lipinski definition) is 1. The molecule has 0 aliphatic carbocycles. The molecule has 4 heterocycles. The van der Waals surface area contributed by atoms with Gasteiger partial charge in [0.25, 0.3) is 0 Å². The van der Waals surface area contributed by atoms with Crippen molar-refractivity contribution in [2.75, 3.05) is 26.8 Å². The van der Waals surface area contributed by atoms with Gasteiger partial charge in [0.2, 0.25) is 0 Å². The number of halogens is 6. The van der Waals surface area contributed by atoms with Gasteiger partial charge in [0.05, 0.1) is 12.1 Å². The Hall–Kier alpha value is -2.77. The van der Waals surface area contributed by atoms with Gasteiger partial charge < -0.3 is 15.2 Å². The van der Waals surface area contributed by atoms with E-state index in [-0.39, 0.29) is 73.8 Å². The molecule has 1 aromatic carbocycles. The summed E-state index contributed by atoms with van der Waals surface area (Å²) >= 11 is 0. The molecule has 212 valence electrons. The highest BCUT2D eigenvalue weighted by Crippen LogP contribution is 2.39. The second kappa shape index (κ2) is 12.2. The van der Waals surface area contributed by atoms with Crippen LogP contribution in [0.5, 0.6) is 5.75 Å². The average molecular weight is 591 g/mol. The molecule has 3 atom stereocenters. The van der Waals surface area contributed by atoms with E-state index in [4.69, 9.17) is 15.2 Å². The zero-order valence-electron chi connectivity index (χ0n) is 21.1. The number of aromatic nitrogens is 4. The minimum absolute atomic E-state index is 0. The summed E-state index contributed by atoms with van der Waals surface area (Å²) in [6.45, 7) is 2.45. The van der Waals surface area contributed by atoms with Crippen molar-refractivity contribution >= 4 is 41.4 Å². The molecule has 0 spiro atoms. The number of hydrogen-bond acceptors (Lipinski definition) is 7. The predicted octanol–water partition coefficient (Wildman–Crippen LogP) is 4.98. The zero-order valence-corrected chi connectivity index (χ0v) is 22.7. The van der Waals surface area contributed by atoms with Gasteiger partial charge in [-0.25, -0.2) is 9.37 Å². The minimum Gasteiger partial charge on any atom is -0.485 e. The molecule has 14 heteroatoms. The van der Waals surface area contributed by atoms with E-state index in [2.05, 4.69) is 15.2 Å². The van der Waals surface area contributed by atoms with Crippen LogP contribution in [0.1, 0.15) is 24.9 Å². The van der Waals surface area contributed by atoms with Gasteiger partial charge >= 0.3 is 6.18 Å². The predicted molar refractivity (Wildman–Crippen MR) is 143 cm³/mol. The maximum atomic E-state index is 14.5. The minimum atomic E-state index is -4.49. The molecule has 2 N–H and O–H groups in total. The lowest BCUT2D eigenvalue weighted by Gasteiger charge is -2.30. The molecule has 0 radical (unpaired) electrons. The molecule has 1 fully saturated rings. The number of nitrogens with zero attached hydrogens (tertiary/aromatic N) is 5. The van der Waals surface area contributed by atoms with Crippen LogP contribution in [-0.2, 0) is 4.74 Å². The van der Waals surface area contributed by atoms with E-state index < -0.39 is 18.0 Å². The Morgan fingerprint density at radius 2 is 1.90 bits per heavy atom. The number of methoxy groups -OCH3 is 1. The van der Waals surface area contributed by atoms with Crippen molar-refractivity contribution in [1.82, 2.24) is 24.5 Å². The number of rotatable bonds is 7. The largest absolute Gasteiger partial charge is 0.485 e. The summed E-state index contributed by atoms with van der Waals surface area (Å²) in [6, 6.07) is 6.90. The first-order valence-corrected chi connectivity index (χ1v) is 11.8. The van der Waals surface area contributed by atoms with E-state index in [0.29, 0.717) is 28.7 Å². The topological polar surface area (TPSA) is 90.8 Å². The smallest absolute Gasteiger partial charge is 0.408 e. The quantitative estimate of drug-likeness (QED) is 0.304. The van der Waals surface area contributed by atoms with Crippen LogP contribution in [0.2, 0.25) is 0 Å². The van der Waals surface area contributed by atoms with Gasteiger partial charge in [0.1, 0.15) is 17.8 Å². The number of pyridine rings is 2. The second-order valence-corrected chi connectivity index (χ2v) is 9.26. The van der Waals surface area contributed by atoms with Crippen molar-refractivity contribution in [3.63, 3.8) is 0 Å². The SMILES string of the molecule is COCC(C)Oc1cc2nc(-c3nnc4ccc([C@@H](N5CCC(N)C5)C(F)(F)F)cn34)ccc2cc1F.Cl.Cl. The van der Waals surface area contributed by atoms with Crippen LogP contribution in [0.25, 0.3) is 28.1 Å². The fraction of sp³-hybridized carbons (Fsp3) is 0.400. The van der Waals surface area contributed by atoms with Crippen molar-refractivity contribution in [2.45, 2.75) is 37.7 Å². The van der Waals surface area contributed by atoms with Crippen molar-refractivity contribution in [1.29, 1.82) is 0 Å². The standard InChI is InChI=1S/C25H26F4N6O2.2ClH/c1-14(13-36-2)37-21-10-20-15(9-18(21)26)3-5-19(31-20)24-33-32-22-6-4-16(11-35(22)24)23(25(27,28)29)34-8-7-17(30)12-34;;/h3-6,9-11,14,17,23H,7-8,12-13,30H2,1-2H3;2*1H/t14?,17?,23-;;/m1../s1. The van der Waals surface area contributed by atoms with Crippen molar-refractivity contribution in [3.05, 3.63) is 54.0 Å². The molecule has 3 aromatic heterocycles. The fourth-order valence-electron chi connectivity index (χ4n) is 4.72. The van der Waals surface area contributed by atoms with E-state index >= 15 is 0 Å². The fourth-order valence-corrected chi connectivity index (χ4v) is 4.72. The molecular formula is C25H28Cl2F4N6O2. The lowest BCUT2D eigenvalue weighted by molar-refractivity contribution is -0.183. The molecule has 1 saturated heterocycles. The monoisotopic (exact) mass is 590 g/mol. The van der Waals surface area contributed by atoms with Crippen LogP contribution < -0.4 is 10.5 Å². The maximum Gasteiger partial charge on any atom is 0.408 e. The van der Waals surface area contributed by atoms with Crippen molar-refractivity contribution in [3.8, 4) is 17.3 Å². The molecule has 2 unspecified atom stereocenters. The van der Waals surface area contributed by atoms with Crippen LogP contribution in [0.15, 0.2) is 42.6 Å². The summed E-state index contributed by atoms with van der Waals surface area (Å²) in [5.41, 5.74) is 7.11. The third kappa shape index (κ3) is 6.36. The number of nitrogens with two attached hydrogens (primary N) is 1. The van der Waals surface area contributed by atoms with E-state index in [1.165, 1.54) is 46.9 Å². The number of likely N-dealkylation sites (tertiary alicyclic amines) is 1. The Morgan fingerprint density at radius 1 is 1.13 bits per heavy atom. The summed E-state index contributed by atoms with van der Waals surface area (Å²) in [4.78, 5) is 5.94. The Morgan fingerprint density at radius 3 is 2.56 bits per heavy atom. The molecule has 8 nitrogen and oxygen atoms in total. The molecule has 5 rings (SSSR count). The summed E-state index contributed by atoms with van der Waals surface area (Å²) in [5.74, 6) is -0.258. The van der Waals surface area contributed by atoms with Crippen LogP contribution in [0.4, 0.5) is 17.6 Å². The van der Waals surface area contributed by atoms with Crippen LogP contribution >= 0.6 is 24.8 Å². The second-order valence-electron chi connectivity index (χ2n) is 9.26. The van der Waals surface area contributed by atoms with E-state index in [1.807, 2.05) is 0 Å². The number of fused-ring (bicyclic) bond motifs is 2. The maximum absolute atomic E-state index is 14.5. The third-order valence-electron chi connectivity index (χ3n) is 6.37. The highest BCUT2D eigenvalue weighted by atomic mass is 35.5. The number of benzene rings is 1. The van der Waals surface area contributed by atoms with E-state index in [1.54, 1.807) is 19.1 Å². The average Bonchev–Trinajstić information content (AvgIpc) is 3.44. The van der Waals surface area contributed by atoms with Gasteiger partial charge in [-0.15, -0.1) is 35.0 Å². The molecule has 1 aliphatic heterocycles. The molecule has 1 aliphatic rings. The molecule has 4 aromatic rings. The van der Waals surface area contributed by atoms with Crippen LogP contribution in [0.3, 0.4) is 0 Å². The van der Waals surface area contributed by atoms with Gasteiger partial charge in [-0.2, -0.15) is 13.2 Å². The number of ether oxygens (including phenoxy) is 2. The molecular weight excluding hydrogens is 563 g/mol. The molecule has 0 saturated carbocycles. The molecule has 39 heavy (non-hydrogen) atoms. The summed E-state index contributed by atoms with van der Waals surface area (Å²) in [6.07, 6.45) is -2.98. The number of alkyl halides is 3. The lowest BCUT2D eigenvalue weighted by Crippen LogP contribution is -2.38. The van der Waals surface area contributed by atoms with Gasteiger partial charge in [-0.05, 0) is 37.1 Å². The van der Waals surface area contributed by atoms with E-state index in [9.17, 15) is 17.6 Å². The summed E-state index contributed by atoms with van der Waals surface area (Å²) in [7, 11) is 1.52. The van der Waals surface area contributed by atoms with Crippen LogP contribution in [-0.4, -0.2) is 69.6 Å². The Balaban J connectivity index is 0.00000210. The van der Waals surface area contributed by atoms with Gasteiger partial charge in [-0.3, -0.25) is 9.30 Å². The Labute approximate surface area is 234 Å². The van der Waals surface area contributed by atoms with Crippen LogP contribution in [0, 0.1) is 5.82 Å². The molecule has 0 bridgehead atoms. The summed E-state index contributed by atoms with van der Waals surface area (Å²) in [5, 5.41) is 8.80. The van der Waals surface area contributed by atoms with Gasteiger partial charge in [0, 0.05) is 43.9 Å². The highest BCUT2D eigenvalue weighted by molar-refractivity contribution is 5.85. The van der Waals surface area contributed by atoms with E-state index in [0.717, 1.165) is 0 Å². The first-order chi connectivity index (χ1) is 17.6. The van der Waals surface area contributed by atoms with Crippen molar-refractivity contribution in [2.24, 2.45) is 5.73 Å². The van der Waals surface area contributed by atoms with Crippen molar-refractivity contribution < 1.29 is 27.0 Å². The Bertz CT molecular complexity index is 1440. The first-order valence-electron chi connectivity index (χ1n) is 11.8. The molecule has 0 amide bonds. The zero-order chi connectivity index (χ0) is 26.3. The first kappa shape index (κ1) is 30.8. The normalized spacial score (nSPS) is 17.6. The lowest BCUT2D eigenvalue weighted by atomic mass is 10.1.